The summed E-state index contributed by atoms with van der Waals surface area (Å²) >= 11 is 0. The second-order valence-corrected chi connectivity index (χ2v) is 19.9. The van der Waals surface area contributed by atoms with E-state index >= 15 is 4.79 Å². The van der Waals surface area contributed by atoms with Gasteiger partial charge in [-0.2, -0.15) is 0 Å². The number of Topliss-reactive ketones (excluding diaryl/α,β-unsaturated/α-hetero) is 1. The lowest BCUT2D eigenvalue weighted by Crippen LogP contribution is -2.63. The van der Waals surface area contributed by atoms with Gasteiger partial charge in [-0.15, -0.1) is 0 Å². The molecule has 5 amide bonds. The molecule has 54 heavy (non-hydrogen) atoms. The Morgan fingerprint density at radius 2 is 1.37 bits per heavy atom. The molecular weight excluding hydrogens is 684 g/mol. The topological polar surface area (TPSA) is 157 Å². The molecule has 3 saturated carbocycles. The van der Waals surface area contributed by atoms with Gasteiger partial charge in [0.2, 0.25) is 29.4 Å². The standard InChI is InChI=1S/C42H70N6O6/c1-11-17-27(30(49)35(52)43-26-18-15-19-26)44-34(51)29-24-42(40(9,10)41(42)21-16-22-41)25-48(29)37(54)32(39(6,7)8)46-36(53)31(38(3,4)5)45-33(50)28-20-13-14-23-47(28)12-2/h26-29,31-32H,11-25H2,1-10H3,(H,43,52)(H,44,51)(H,45,50)(H,46,53)/t27-,28+,29-,31+,32+,42+/m0/s1. The van der Waals surface area contributed by atoms with E-state index in [1.165, 1.54) is 0 Å². The number of nitrogens with zero attached hydrogens (tertiary/aromatic N) is 2. The average Bonchev–Trinajstić information content (AvgIpc) is 3.27. The van der Waals surface area contributed by atoms with Crippen molar-refractivity contribution in [1.29, 1.82) is 0 Å². The minimum Gasteiger partial charge on any atom is -0.347 e. The average molecular weight is 755 g/mol. The van der Waals surface area contributed by atoms with Crippen LogP contribution in [0, 0.1) is 27.1 Å². The van der Waals surface area contributed by atoms with Crippen LogP contribution < -0.4 is 21.3 Å². The van der Waals surface area contributed by atoms with E-state index in [9.17, 15) is 24.0 Å². The van der Waals surface area contributed by atoms with E-state index in [0.29, 0.717) is 25.8 Å². The minimum absolute atomic E-state index is 0.00738. The van der Waals surface area contributed by atoms with E-state index in [1.54, 1.807) is 4.90 Å². The number of piperidine rings is 1. The van der Waals surface area contributed by atoms with Crippen molar-refractivity contribution in [2.45, 2.75) is 183 Å². The van der Waals surface area contributed by atoms with Crippen LogP contribution in [0.1, 0.15) is 146 Å². The Labute approximate surface area is 323 Å². The second kappa shape index (κ2) is 15.5. The van der Waals surface area contributed by atoms with E-state index in [-0.39, 0.29) is 40.1 Å². The molecule has 3 aliphatic carbocycles. The molecule has 5 rings (SSSR count). The van der Waals surface area contributed by atoms with Crippen LogP contribution in [0.3, 0.4) is 0 Å². The van der Waals surface area contributed by atoms with Crippen molar-refractivity contribution in [2.75, 3.05) is 19.6 Å². The SMILES string of the molecule is CCC[C@H](NC(=O)[C@@H]1C[C@@]2(CN1C(=O)[C@@H](NC(=O)[C@@H](NC(=O)[C@H]1CCCCN1CC)C(C)(C)C)C(C)(C)C)C(C)(C)C21CCC1)C(=O)C(=O)NC1CCC1. The van der Waals surface area contributed by atoms with Gasteiger partial charge in [0.15, 0.2) is 0 Å². The van der Waals surface area contributed by atoms with Gasteiger partial charge in [0.1, 0.15) is 18.1 Å². The Hall–Kier alpha value is -3.02. The zero-order chi connectivity index (χ0) is 40.0. The predicted molar refractivity (Wildman–Crippen MR) is 208 cm³/mol. The fraction of sp³-hybridized carbons (Fsp3) is 0.857. The molecule has 12 heteroatoms. The first kappa shape index (κ1) is 42.1. The van der Waals surface area contributed by atoms with Crippen LogP contribution in [0.25, 0.3) is 0 Å². The molecule has 304 valence electrons. The van der Waals surface area contributed by atoms with E-state index in [2.05, 4.69) is 40.0 Å². The fourth-order valence-electron chi connectivity index (χ4n) is 10.5. The van der Waals surface area contributed by atoms with E-state index < -0.39 is 58.5 Å². The number of nitrogens with one attached hydrogen (secondary N) is 4. The molecule has 12 nitrogen and oxygen atoms in total. The molecule has 4 N–H and O–H groups in total. The summed E-state index contributed by atoms with van der Waals surface area (Å²) in [5, 5.41) is 11.9. The molecule has 0 aromatic carbocycles. The van der Waals surface area contributed by atoms with E-state index in [4.69, 9.17) is 0 Å². The molecular formula is C42H70N6O6. The van der Waals surface area contributed by atoms with Gasteiger partial charge in [-0.05, 0) is 92.5 Å². The third-order valence-electron chi connectivity index (χ3n) is 14.4. The van der Waals surface area contributed by atoms with Gasteiger partial charge >= 0.3 is 0 Å². The van der Waals surface area contributed by atoms with Crippen LogP contribution in [-0.2, 0) is 28.8 Å². The van der Waals surface area contributed by atoms with Gasteiger partial charge in [0.05, 0.1) is 12.1 Å². The number of amides is 5. The van der Waals surface area contributed by atoms with Crippen molar-refractivity contribution in [3.05, 3.63) is 0 Å². The highest BCUT2D eigenvalue weighted by Gasteiger charge is 2.85. The highest BCUT2D eigenvalue weighted by Crippen LogP contribution is 2.88. The lowest BCUT2D eigenvalue weighted by Gasteiger charge is -2.39. The van der Waals surface area contributed by atoms with Crippen LogP contribution in [0.15, 0.2) is 0 Å². The normalized spacial score (nSPS) is 27.9. The van der Waals surface area contributed by atoms with Crippen molar-refractivity contribution in [2.24, 2.45) is 27.1 Å². The number of hydrogen-bond donors (Lipinski definition) is 4. The van der Waals surface area contributed by atoms with E-state index in [1.807, 2.05) is 55.4 Å². The molecule has 0 unspecified atom stereocenters. The quantitative estimate of drug-likeness (QED) is 0.205. The molecule has 5 fully saturated rings. The largest absolute Gasteiger partial charge is 0.347 e. The van der Waals surface area contributed by atoms with Crippen LogP contribution in [-0.4, -0.2) is 101 Å². The minimum atomic E-state index is -1.00. The summed E-state index contributed by atoms with van der Waals surface area (Å²) in [5.41, 5.74) is -1.74. The molecule has 2 aliphatic heterocycles. The lowest BCUT2D eigenvalue weighted by atomic mass is 9.73. The second-order valence-electron chi connectivity index (χ2n) is 19.9. The molecule has 5 aliphatic rings. The Balaban J connectivity index is 1.40. The third kappa shape index (κ3) is 7.58. The van der Waals surface area contributed by atoms with Gasteiger partial charge in [-0.1, -0.05) is 88.5 Å². The van der Waals surface area contributed by atoms with Crippen molar-refractivity contribution < 1.29 is 28.8 Å². The van der Waals surface area contributed by atoms with Crippen LogP contribution in [0.4, 0.5) is 0 Å². The first-order chi connectivity index (χ1) is 25.2. The van der Waals surface area contributed by atoms with Crippen LogP contribution in [0.5, 0.6) is 0 Å². The number of likely N-dealkylation sites (tertiary alicyclic amines) is 2. The molecule has 6 atom stereocenters. The summed E-state index contributed by atoms with van der Waals surface area (Å²) < 4.78 is 0. The fourth-order valence-corrected chi connectivity index (χ4v) is 10.5. The molecule has 0 aromatic heterocycles. The Morgan fingerprint density at radius 3 is 1.87 bits per heavy atom. The molecule has 2 heterocycles. The summed E-state index contributed by atoms with van der Waals surface area (Å²) in [6, 6.07) is -4.09. The highest BCUT2D eigenvalue weighted by molar-refractivity contribution is 6.38. The third-order valence-corrected chi connectivity index (χ3v) is 14.4. The smallest absolute Gasteiger partial charge is 0.289 e. The monoisotopic (exact) mass is 755 g/mol. The number of rotatable bonds is 13. The first-order valence-electron chi connectivity index (χ1n) is 21.0. The molecule has 0 aromatic rings. The molecule has 0 bridgehead atoms. The van der Waals surface area contributed by atoms with E-state index in [0.717, 1.165) is 70.9 Å². The highest BCUT2D eigenvalue weighted by atomic mass is 16.2. The van der Waals surface area contributed by atoms with Crippen LogP contribution in [0.2, 0.25) is 0 Å². The number of carbonyl (C=O) groups is 6. The number of fused-ring (bicyclic) bond motifs is 1. The van der Waals surface area contributed by atoms with Gasteiger partial charge in [0.25, 0.3) is 5.91 Å². The summed E-state index contributed by atoms with van der Waals surface area (Å²) in [7, 11) is 0. The molecule has 2 saturated heterocycles. The lowest BCUT2D eigenvalue weighted by molar-refractivity contribution is -0.146. The number of hydrogen-bond acceptors (Lipinski definition) is 7. The van der Waals surface area contributed by atoms with Crippen molar-refractivity contribution in [3.63, 3.8) is 0 Å². The van der Waals surface area contributed by atoms with Gasteiger partial charge in [-0.25, -0.2) is 0 Å². The Kier molecular flexibility index (Phi) is 12.1. The predicted octanol–water partition coefficient (Wildman–Crippen LogP) is 4.24. The summed E-state index contributed by atoms with van der Waals surface area (Å²) in [6.45, 7) is 21.8. The van der Waals surface area contributed by atoms with Gasteiger partial charge in [-0.3, -0.25) is 33.7 Å². The summed E-state index contributed by atoms with van der Waals surface area (Å²) in [5.74, 6) is -2.74. The number of carbonyl (C=O) groups excluding carboxylic acids is 6. The summed E-state index contributed by atoms with van der Waals surface area (Å²) in [4.78, 5) is 87.7. The van der Waals surface area contributed by atoms with Crippen molar-refractivity contribution >= 4 is 35.3 Å². The van der Waals surface area contributed by atoms with Crippen molar-refractivity contribution in [3.8, 4) is 0 Å². The number of ketones is 1. The zero-order valence-electron chi connectivity index (χ0n) is 34.9. The van der Waals surface area contributed by atoms with Gasteiger partial charge in [0, 0.05) is 18.0 Å². The maximum Gasteiger partial charge on any atom is 0.289 e. The maximum atomic E-state index is 15.0. The van der Waals surface area contributed by atoms with Crippen LogP contribution >= 0.6 is 0 Å². The summed E-state index contributed by atoms with van der Waals surface area (Å²) in [6.07, 6.45) is 9.95. The Morgan fingerprint density at radius 1 is 0.741 bits per heavy atom. The first-order valence-corrected chi connectivity index (χ1v) is 21.0. The molecule has 2 spiro atoms. The van der Waals surface area contributed by atoms with Gasteiger partial charge < -0.3 is 26.2 Å². The molecule has 0 radical (unpaired) electrons. The van der Waals surface area contributed by atoms with Crippen molar-refractivity contribution in [1.82, 2.24) is 31.1 Å². The number of likely N-dealkylation sites (N-methyl/N-ethyl adjacent to an activating group) is 1. The Bertz CT molecular complexity index is 1470. The zero-order valence-corrected chi connectivity index (χ0v) is 34.9. The maximum absolute atomic E-state index is 15.0.